The number of benzene rings is 2. The summed E-state index contributed by atoms with van der Waals surface area (Å²) in [4.78, 5) is 14.9. The number of aromatic nitrogens is 1. The molecular weight excluding hydrogens is 388 g/mol. The molecule has 0 unspecified atom stereocenters. The normalized spacial score (nSPS) is 13.4. The van der Waals surface area contributed by atoms with Crippen LogP contribution in [0.15, 0.2) is 53.1 Å². The second-order valence-electron chi connectivity index (χ2n) is 7.65. The van der Waals surface area contributed by atoms with Crippen LogP contribution in [0.5, 0.6) is 5.75 Å². The molecule has 1 aromatic heterocycles. The van der Waals surface area contributed by atoms with Crippen LogP contribution in [0.4, 0.5) is 0 Å². The molecule has 150 valence electrons. The van der Waals surface area contributed by atoms with E-state index in [1.807, 2.05) is 53.4 Å². The first-order chi connectivity index (χ1) is 14.0. The Labute approximate surface area is 175 Å². The van der Waals surface area contributed by atoms with Crippen LogP contribution in [-0.2, 0) is 13.0 Å². The Hall–Kier alpha value is -2.79. The summed E-state index contributed by atoms with van der Waals surface area (Å²) in [5, 5.41) is 4.87. The number of carbonyl (C=O) groups is 1. The Morgan fingerprint density at radius 2 is 1.90 bits per heavy atom. The van der Waals surface area contributed by atoms with Crippen LogP contribution in [0.2, 0.25) is 5.02 Å². The highest BCUT2D eigenvalue weighted by atomic mass is 35.5. The molecule has 1 aliphatic rings. The Bertz CT molecular complexity index is 994. The molecule has 2 aromatic carbocycles. The highest BCUT2D eigenvalue weighted by Gasteiger charge is 2.28. The average Bonchev–Trinajstić information content (AvgIpc) is 3.16. The summed E-state index contributed by atoms with van der Waals surface area (Å²) >= 11 is 5.99. The Morgan fingerprint density at radius 1 is 1.17 bits per heavy atom. The lowest BCUT2D eigenvalue weighted by Crippen LogP contribution is -2.35. The maximum absolute atomic E-state index is 13.0. The van der Waals surface area contributed by atoms with Gasteiger partial charge in [0.2, 0.25) is 0 Å². The van der Waals surface area contributed by atoms with Gasteiger partial charge in [-0.05, 0) is 54.4 Å². The van der Waals surface area contributed by atoms with Crippen molar-refractivity contribution in [3.63, 3.8) is 0 Å². The van der Waals surface area contributed by atoms with E-state index in [1.54, 1.807) is 0 Å². The zero-order valence-electron chi connectivity index (χ0n) is 16.5. The fourth-order valence-electron chi connectivity index (χ4n) is 3.35. The van der Waals surface area contributed by atoms with Crippen molar-refractivity contribution in [2.75, 3.05) is 13.2 Å². The monoisotopic (exact) mass is 410 g/mol. The van der Waals surface area contributed by atoms with E-state index in [2.05, 4.69) is 19.0 Å². The molecule has 0 radical (unpaired) electrons. The van der Waals surface area contributed by atoms with Crippen molar-refractivity contribution >= 4 is 17.5 Å². The van der Waals surface area contributed by atoms with Crippen LogP contribution >= 0.6 is 11.6 Å². The number of hydrogen-bond donors (Lipinski definition) is 0. The van der Waals surface area contributed by atoms with Gasteiger partial charge in [0.1, 0.15) is 5.75 Å². The van der Waals surface area contributed by atoms with Crippen molar-refractivity contribution in [3.05, 3.63) is 70.4 Å². The van der Waals surface area contributed by atoms with Crippen molar-refractivity contribution < 1.29 is 14.1 Å². The summed E-state index contributed by atoms with van der Waals surface area (Å²) in [6.45, 7) is 5.95. The van der Waals surface area contributed by atoms with E-state index in [-0.39, 0.29) is 5.91 Å². The third-order valence-corrected chi connectivity index (χ3v) is 5.17. The third-order valence-electron chi connectivity index (χ3n) is 4.92. The molecule has 0 N–H and O–H groups in total. The Balaban J connectivity index is 1.50. The Kier molecular flexibility index (Phi) is 5.58. The minimum atomic E-state index is -0.00526. The molecule has 0 saturated carbocycles. The number of hydrogen-bond acceptors (Lipinski definition) is 4. The second-order valence-corrected chi connectivity index (χ2v) is 8.09. The number of carbonyl (C=O) groups excluding carboxylic acids is 1. The van der Waals surface area contributed by atoms with Gasteiger partial charge in [-0.25, -0.2) is 0 Å². The van der Waals surface area contributed by atoms with Crippen molar-refractivity contribution in [1.29, 1.82) is 0 Å². The maximum atomic E-state index is 13.0. The summed E-state index contributed by atoms with van der Waals surface area (Å²) in [7, 11) is 0. The lowest BCUT2D eigenvalue weighted by atomic mass is 10.0. The standard InChI is InChI=1S/C23H23ClN2O3/c1-15(2)14-28-19-9-5-17(6-10-19)23(27)26-12-11-21-20(13-26)22(29-25-21)16-3-7-18(24)8-4-16/h3-10,15H,11-14H2,1-2H3. The quantitative estimate of drug-likeness (QED) is 0.578. The fraction of sp³-hybridized carbons (Fsp3) is 0.304. The first kappa shape index (κ1) is 19.5. The first-order valence-electron chi connectivity index (χ1n) is 9.77. The van der Waals surface area contributed by atoms with Crippen LogP contribution in [0, 0.1) is 5.92 Å². The summed E-state index contributed by atoms with van der Waals surface area (Å²) in [5.74, 6) is 1.93. The van der Waals surface area contributed by atoms with E-state index in [9.17, 15) is 4.79 Å². The van der Waals surface area contributed by atoms with Crippen molar-refractivity contribution in [2.24, 2.45) is 5.92 Å². The molecule has 0 spiro atoms. The van der Waals surface area contributed by atoms with E-state index in [4.69, 9.17) is 20.9 Å². The van der Waals surface area contributed by atoms with Crippen molar-refractivity contribution in [1.82, 2.24) is 10.1 Å². The van der Waals surface area contributed by atoms with Crippen LogP contribution in [0.25, 0.3) is 11.3 Å². The topological polar surface area (TPSA) is 55.6 Å². The molecule has 1 aliphatic heterocycles. The number of ether oxygens (including phenoxy) is 1. The zero-order valence-corrected chi connectivity index (χ0v) is 17.3. The SMILES string of the molecule is CC(C)COc1ccc(C(=O)N2CCc3noc(-c4ccc(Cl)cc4)c3C2)cc1. The van der Waals surface area contributed by atoms with Gasteiger partial charge in [0.15, 0.2) is 5.76 Å². The van der Waals surface area contributed by atoms with Gasteiger partial charge in [-0.3, -0.25) is 4.79 Å². The molecule has 0 atom stereocenters. The second kappa shape index (κ2) is 8.29. The lowest BCUT2D eigenvalue weighted by Gasteiger charge is -2.26. The van der Waals surface area contributed by atoms with Crippen molar-refractivity contribution in [2.45, 2.75) is 26.8 Å². The summed E-state index contributed by atoms with van der Waals surface area (Å²) in [6.07, 6.45) is 0.674. The van der Waals surface area contributed by atoms with Gasteiger partial charge in [0.05, 0.1) is 18.8 Å². The Morgan fingerprint density at radius 3 is 2.59 bits per heavy atom. The molecule has 4 rings (SSSR count). The van der Waals surface area contributed by atoms with Crippen LogP contribution in [-0.4, -0.2) is 29.1 Å². The average molecular weight is 411 g/mol. The van der Waals surface area contributed by atoms with Crippen LogP contribution < -0.4 is 4.74 Å². The van der Waals surface area contributed by atoms with Gasteiger partial charge >= 0.3 is 0 Å². The minimum Gasteiger partial charge on any atom is -0.493 e. The lowest BCUT2D eigenvalue weighted by molar-refractivity contribution is 0.0734. The van der Waals surface area contributed by atoms with Gasteiger partial charge in [-0.1, -0.05) is 30.6 Å². The molecule has 1 amide bonds. The smallest absolute Gasteiger partial charge is 0.254 e. The highest BCUT2D eigenvalue weighted by Crippen LogP contribution is 2.31. The third kappa shape index (κ3) is 4.30. The number of halogens is 1. The van der Waals surface area contributed by atoms with E-state index < -0.39 is 0 Å². The van der Waals surface area contributed by atoms with Gasteiger partial charge in [0.25, 0.3) is 5.91 Å². The number of amides is 1. The van der Waals surface area contributed by atoms with E-state index >= 15 is 0 Å². The predicted octanol–water partition coefficient (Wildman–Crippen LogP) is 5.23. The molecule has 3 aromatic rings. The molecule has 0 aliphatic carbocycles. The number of rotatable bonds is 5. The van der Waals surface area contributed by atoms with E-state index in [0.717, 1.165) is 22.6 Å². The molecule has 5 nitrogen and oxygen atoms in total. The molecule has 0 saturated heterocycles. The first-order valence-corrected chi connectivity index (χ1v) is 10.1. The molecule has 0 fully saturated rings. The van der Waals surface area contributed by atoms with Gasteiger partial charge in [-0.15, -0.1) is 0 Å². The predicted molar refractivity (Wildman–Crippen MR) is 112 cm³/mol. The van der Waals surface area contributed by atoms with Gasteiger partial charge < -0.3 is 14.2 Å². The summed E-state index contributed by atoms with van der Waals surface area (Å²) in [6, 6.07) is 14.8. The molecule has 2 heterocycles. The highest BCUT2D eigenvalue weighted by molar-refractivity contribution is 6.30. The maximum Gasteiger partial charge on any atom is 0.254 e. The number of nitrogens with zero attached hydrogens (tertiary/aromatic N) is 2. The van der Waals surface area contributed by atoms with Crippen molar-refractivity contribution in [3.8, 4) is 17.1 Å². The number of fused-ring (bicyclic) bond motifs is 1. The van der Waals surface area contributed by atoms with Gasteiger partial charge in [0, 0.05) is 34.7 Å². The van der Waals surface area contributed by atoms with E-state index in [1.165, 1.54) is 0 Å². The van der Waals surface area contributed by atoms with Crippen LogP contribution in [0.1, 0.15) is 35.5 Å². The zero-order chi connectivity index (χ0) is 20.4. The summed E-state index contributed by atoms with van der Waals surface area (Å²) < 4.78 is 11.3. The largest absolute Gasteiger partial charge is 0.493 e. The van der Waals surface area contributed by atoms with Crippen LogP contribution in [0.3, 0.4) is 0 Å². The van der Waals surface area contributed by atoms with Gasteiger partial charge in [-0.2, -0.15) is 0 Å². The molecular formula is C23H23ClN2O3. The fourth-order valence-corrected chi connectivity index (χ4v) is 3.48. The van der Waals surface area contributed by atoms with E-state index in [0.29, 0.717) is 48.4 Å². The molecule has 6 heteroatoms. The minimum absolute atomic E-state index is 0.00526. The summed E-state index contributed by atoms with van der Waals surface area (Å²) in [5.41, 5.74) is 3.43. The molecule has 0 bridgehead atoms. The molecule has 29 heavy (non-hydrogen) atoms.